The zero-order chi connectivity index (χ0) is 24.9. The van der Waals surface area contributed by atoms with Gasteiger partial charge in [-0.25, -0.2) is 13.4 Å². The van der Waals surface area contributed by atoms with Gasteiger partial charge in [0, 0.05) is 39.5 Å². The molecule has 0 saturated carbocycles. The average molecular weight is 486 g/mol. The number of nitrogens with one attached hydrogen (secondary N) is 2. The van der Waals surface area contributed by atoms with Crippen LogP contribution in [0, 0.1) is 0 Å². The highest BCUT2D eigenvalue weighted by atomic mass is 32.2. The number of hydrogen-bond acceptors (Lipinski definition) is 5. The highest BCUT2D eigenvalue weighted by Crippen LogP contribution is 2.24. The standard InChI is InChI=1S/C24H31N5O4S/c1-5-28(6-2)34(32,33)17-12-13-21-20(16-17)26-22(29(21)7-3)14-15-23(30)27-19-11-9-8-10-18(19)24(31)25-4/h8-13,16H,5-7,14-15H2,1-4H3,(H,25,31)(H,27,30). The van der Waals surface area contributed by atoms with E-state index in [1.165, 1.54) is 11.4 Å². The number of aryl methyl sites for hydroxylation is 2. The van der Waals surface area contributed by atoms with Crippen LogP contribution < -0.4 is 10.6 Å². The third-order valence-corrected chi connectivity index (χ3v) is 7.75. The van der Waals surface area contributed by atoms with Crippen LogP contribution in [0.25, 0.3) is 11.0 Å². The maximum absolute atomic E-state index is 12.9. The lowest BCUT2D eigenvalue weighted by molar-refractivity contribution is -0.116. The highest BCUT2D eigenvalue weighted by Gasteiger charge is 2.23. The molecule has 34 heavy (non-hydrogen) atoms. The molecule has 10 heteroatoms. The first kappa shape index (κ1) is 25.4. The molecule has 0 aliphatic carbocycles. The Kier molecular flexibility index (Phi) is 8.06. The topological polar surface area (TPSA) is 113 Å². The number of carbonyl (C=O) groups is 2. The molecule has 0 aliphatic heterocycles. The van der Waals surface area contributed by atoms with Gasteiger partial charge in [-0.15, -0.1) is 0 Å². The minimum absolute atomic E-state index is 0.163. The van der Waals surface area contributed by atoms with Gasteiger partial charge in [0.25, 0.3) is 5.91 Å². The van der Waals surface area contributed by atoms with E-state index >= 15 is 0 Å². The zero-order valence-corrected chi connectivity index (χ0v) is 20.8. The molecule has 182 valence electrons. The smallest absolute Gasteiger partial charge is 0.253 e. The van der Waals surface area contributed by atoms with E-state index in [2.05, 4.69) is 15.6 Å². The van der Waals surface area contributed by atoms with E-state index in [-0.39, 0.29) is 23.1 Å². The Morgan fingerprint density at radius 3 is 2.41 bits per heavy atom. The van der Waals surface area contributed by atoms with E-state index in [1.807, 2.05) is 25.3 Å². The molecule has 9 nitrogen and oxygen atoms in total. The molecule has 3 aromatic rings. The number of fused-ring (bicyclic) bond motifs is 1. The first-order valence-corrected chi connectivity index (χ1v) is 12.8. The lowest BCUT2D eigenvalue weighted by Crippen LogP contribution is -2.30. The second-order valence-electron chi connectivity index (χ2n) is 7.69. The van der Waals surface area contributed by atoms with Crippen LogP contribution in [0.15, 0.2) is 47.4 Å². The number of hydrogen-bond donors (Lipinski definition) is 2. The van der Waals surface area contributed by atoms with Gasteiger partial charge in [-0.2, -0.15) is 4.31 Å². The van der Waals surface area contributed by atoms with Gasteiger partial charge in [-0.3, -0.25) is 9.59 Å². The zero-order valence-electron chi connectivity index (χ0n) is 20.0. The first-order chi connectivity index (χ1) is 16.3. The molecule has 0 radical (unpaired) electrons. The fourth-order valence-corrected chi connectivity index (χ4v) is 5.42. The fourth-order valence-electron chi connectivity index (χ4n) is 3.94. The van der Waals surface area contributed by atoms with E-state index in [0.29, 0.717) is 48.6 Å². The lowest BCUT2D eigenvalue weighted by Gasteiger charge is -2.18. The van der Waals surface area contributed by atoms with Gasteiger partial charge in [0.1, 0.15) is 5.82 Å². The first-order valence-electron chi connectivity index (χ1n) is 11.4. The van der Waals surface area contributed by atoms with E-state index in [1.54, 1.807) is 42.5 Å². The molecule has 2 N–H and O–H groups in total. The van der Waals surface area contributed by atoms with Crippen molar-refractivity contribution in [2.24, 2.45) is 0 Å². The number of carbonyl (C=O) groups excluding carboxylic acids is 2. The molecule has 1 aromatic heterocycles. The van der Waals surface area contributed by atoms with Crippen molar-refractivity contribution in [2.45, 2.75) is 45.1 Å². The molecule has 0 bridgehead atoms. The number of benzene rings is 2. The maximum Gasteiger partial charge on any atom is 0.253 e. The van der Waals surface area contributed by atoms with Gasteiger partial charge >= 0.3 is 0 Å². The van der Waals surface area contributed by atoms with Crippen LogP contribution in [0.4, 0.5) is 5.69 Å². The molecule has 0 fully saturated rings. The van der Waals surface area contributed by atoms with E-state index in [0.717, 1.165) is 5.52 Å². The summed E-state index contributed by atoms with van der Waals surface area (Å²) >= 11 is 0. The Morgan fingerprint density at radius 1 is 1.06 bits per heavy atom. The Bertz CT molecular complexity index is 1300. The molecule has 2 amide bonds. The third kappa shape index (κ3) is 5.13. The number of anilines is 1. The summed E-state index contributed by atoms with van der Waals surface area (Å²) in [5, 5.41) is 5.36. The van der Waals surface area contributed by atoms with Gasteiger partial charge < -0.3 is 15.2 Å². The molecule has 0 spiro atoms. The van der Waals surface area contributed by atoms with Crippen molar-refractivity contribution in [3.05, 3.63) is 53.9 Å². The molecule has 3 rings (SSSR count). The molecular formula is C24H31N5O4S. The molecule has 0 aliphatic rings. The van der Waals surface area contributed by atoms with Crippen LogP contribution in [0.2, 0.25) is 0 Å². The largest absolute Gasteiger partial charge is 0.355 e. The lowest BCUT2D eigenvalue weighted by atomic mass is 10.1. The van der Waals surface area contributed by atoms with Crippen LogP contribution in [0.1, 0.15) is 43.4 Å². The molecule has 0 saturated heterocycles. The molecule has 0 atom stereocenters. The maximum atomic E-state index is 12.9. The predicted octanol–water partition coefficient (Wildman–Crippen LogP) is 3.02. The minimum atomic E-state index is -3.59. The highest BCUT2D eigenvalue weighted by molar-refractivity contribution is 7.89. The summed E-state index contributed by atoms with van der Waals surface area (Å²) in [5.41, 5.74) is 2.24. The third-order valence-electron chi connectivity index (χ3n) is 5.71. The van der Waals surface area contributed by atoms with E-state index in [9.17, 15) is 18.0 Å². The average Bonchev–Trinajstić information content (AvgIpc) is 3.20. The van der Waals surface area contributed by atoms with Gasteiger partial charge in [0.15, 0.2) is 0 Å². The molecule has 2 aromatic carbocycles. The van der Waals surface area contributed by atoms with Gasteiger partial charge in [-0.1, -0.05) is 26.0 Å². The van der Waals surface area contributed by atoms with E-state index < -0.39 is 10.0 Å². The predicted molar refractivity (Wildman–Crippen MR) is 132 cm³/mol. The Morgan fingerprint density at radius 2 is 1.76 bits per heavy atom. The summed E-state index contributed by atoms with van der Waals surface area (Å²) in [6.45, 7) is 7.01. The van der Waals surface area contributed by atoms with Gasteiger partial charge in [-0.05, 0) is 37.3 Å². The molecule has 1 heterocycles. The van der Waals surface area contributed by atoms with Gasteiger partial charge in [0.05, 0.1) is 27.2 Å². The number of rotatable bonds is 10. The van der Waals surface area contributed by atoms with Crippen LogP contribution in [-0.2, 0) is 27.8 Å². The Balaban J connectivity index is 1.81. The number of aromatic nitrogens is 2. The number of nitrogens with zero attached hydrogens (tertiary/aromatic N) is 3. The van der Waals surface area contributed by atoms with Crippen LogP contribution in [0.5, 0.6) is 0 Å². The summed E-state index contributed by atoms with van der Waals surface area (Å²) < 4.78 is 29.2. The summed E-state index contributed by atoms with van der Waals surface area (Å²) in [5.74, 6) is 0.180. The second-order valence-corrected chi connectivity index (χ2v) is 9.62. The number of para-hydroxylation sites is 1. The Labute approximate surface area is 200 Å². The molecular weight excluding hydrogens is 454 g/mol. The summed E-state index contributed by atoms with van der Waals surface area (Å²) in [6, 6.07) is 11.8. The minimum Gasteiger partial charge on any atom is -0.355 e. The quantitative estimate of drug-likeness (QED) is 0.458. The van der Waals surface area contributed by atoms with Crippen molar-refractivity contribution >= 4 is 38.6 Å². The fraction of sp³-hybridized carbons (Fsp3) is 0.375. The molecule has 0 unspecified atom stereocenters. The van der Waals surface area contributed by atoms with Crippen LogP contribution in [0.3, 0.4) is 0 Å². The number of sulfonamides is 1. The van der Waals surface area contributed by atoms with Crippen molar-refractivity contribution in [1.82, 2.24) is 19.2 Å². The van der Waals surface area contributed by atoms with Crippen molar-refractivity contribution in [1.29, 1.82) is 0 Å². The van der Waals surface area contributed by atoms with E-state index in [4.69, 9.17) is 0 Å². The van der Waals surface area contributed by atoms with Crippen molar-refractivity contribution in [2.75, 3.05) is 25.5 Å². The van der Waals surface area contributed by atoms with Crippen molar-refractivity contribution in [3.63, 3.8) is 0 Å². The van der Waals surface area contributed by atoms with Gasteiger partial charge in [0.2, 0.25) is 15.9 Å². The normalized spacial score (nSPS) is 11.7. The Hall–Kier alpha value is -3.24. The number of amides is 2. The summed E-state index contributed by atoms with van der Waals surface area (Å²) in [6.07, 6.45) is 0.532. The van der Waals surface area contributed by atoms with Crippen molar-refractivity contribution < 1.29 is 18.0 Å². The second kappa shape index (κ2) is 10.8. The number of imidazole rings is 1. The summed E-state index contributed by atoms with van der Waals surface area (Å²) in [7, 11) is -2.05. The summed E-state index contributed by atoms with van der Waals surface area (Å²) in [4.78, 5) is 29.5. The van der Waals surface area contributed by atoms with Crippen LogP contribution in [-0.4, -0.2) is 54.2 Å². The van der Waals surface area contributed by atoms with Crippen molar-refractivity contribution in [3.8, 4) is 0 Å². The van der Waals surface area contributed by atoms with Crippen LogP contribution >= 0.6 is 0 Å². The monoisotopic (exact) mass is 485 g/mol. The SMILES string of the molecule is CCN(CC)S(=O)(=O)c1ccc2c(c1)nc(CCC(=O)Nc1ccccc1C(=O)NC)n2CC.